The zero-order valence-corrected chi connectivity index (χ0v) is 21.2. The highest BCUT2D eigenvalue weighted by atomic mass is 35.5. The summed E-state index contributed by atoms with van der Waals surface area (Å²) in [5, 5.41) is 0. The van der Waals surface area contributed by atoms with Crippen molar-refractivity contribution in [3.8, 4) is 11.5 Å². The van der Waals surface area contributed by atoms with Gasteiger partial charge in [-0.15, -0.1) is 12.4 Å². The van der Waals surface area contributed by atoms with Gasteiger partial charge in [0.05, 0.1) is 26.8 Å². The lowest BCUT2D eigenvalue weighted by molar-refractivity contribution is -0.140. The van der Waals surface area contributed by atoms with Crippen LogP contribution in [-0.4, -0.2) is 56.1 Å². The largest absolute Gasteiger partial charge is 0.493 e. The maximum atomic E-state index is 12.8. The summed E-state index contributed by atoms with van der Waals surface area (Å²) < 4.78 is 11.0. The van der Waals surface area contributed by atoms with E-state index in [0.717, 1.165) is 37.6 Å². The van der Waals surface area contributed by atoms with E-state index in [0.29, 0.717) is 6.54 Å². The highest BCUT2D eigenvalue weighted by Crippen LogP contribution is 2.39. The maximum absolute atomic E-state index is 12.8. The van der Waals surface area contributed by atoms with Crippen LogP contribution in [0.5, 0.6) is 11.5 Å². The smallest absolute Gasteiger partial charge is 0.237 e. The molecular formula is C26H43ClN2O3. The second-order valence-electron chi connectivity index (χ2n) is 9.18. The molecule has 2 heterocycles. The molecule has 0 aliphatic carbocycles. The zero-order valence-electron chi connectivity index (χ0n) is 20.4. The Morgan fingerprint density at radius 1 is 0.906 bits per heavy atom. The number of unbranched alkanes of at least 4 members (excludes halogenated alkanes) is 9. The van der Waals surface area contributed by atoms with Crippen LogP contribution in [0, 0.1) is 0 Å². The van der Waals surface area contributed by atoms with Crippen molar-refractivity contribution in [3.63, 3.8) is 0 Å². The molecule has 0 aromatic heterocycles. The van der Waals surface area contributed by atoms with Crippen LogP contribution in [-0.2, 0) is 11.2 Å². The molecule has 0 saturated carbocycles. The number of carbonyl (C=O) groups is 1. The summed E-state index contributed by atoms with van der Waals surface area (Å²) in [6.07, 6.45) is 14.3. The molecule has 1 amide bonds. The van der Waals surface area contributed by atoms with Gasteiger partial charge in [0, 0.05) is 13.1 Å². The number of carbonyl (C=O) groups excluding carboxylic acids is 1. The van der Waals surface area contributed by atoms with Gasteiger partial charge in [-0.2, -0.15) is 0 Å². The number of halogens is 1. The fraction of sp³-hybridized carbons (Fsp3) is 0.731. The van der Waals surface area contributed by atoms with Crippen molar-refractivity contribution < 1.29 is 14.3 Å². The molecule has 0 spiro atoms. The minimum atomic E-state index is 0. The van der Waals surface area contributed by atoms with E-state index in [-0.39, 0.29) is 24.4 Å². The molecule has 0 N–H and O–H groups in total. The fourth-order valence-electron chi connectivity index (χ4n) is 5.11. The maximum Gasteiger partial charge on any atom is 0.237 e. The normalized spacial score (nSPS) is 18.0. The third kappa shape index (κ3) is 7.02. The highest BCUT2D eigenvalue weighted by molar-refractivity contribution is 5.85. The van der Waals surface area contributed by atoms with E-state index < -0.39 is 0 Å². The third-order valence-electron chi connectivity index (χ3n) is 6.94. The molecule has 5 nitrogen and oxygen atoms in total. The first kappa shape index (κ1) is 26.8. The van der Waals surface area contributed by atoms with Gasteiger partial charge in [-0.25, -0.2) is 0 Å². The summed E-state index contributed by atoms with van der Waals surface area (Å²) in [6, 6.07) is 4.31. The van der Waals surface area contributed by atoms with E-state index in [1.54, 1.807) is 14.2 Å². The summed E-state index contributed by atoms with van der Waals surface area (Å²) in [5.74, 6) is 1.80. The lowest BCUT2D eigenvalue weighted by Gasteiger charge is -2.44. The number of rotatable bonds is 13. The Kier molecular flexibility index (Phi) is 11.7. The Morgan fingerprint density at radius 2 is 1.50 bits per heavy atom. The van der Waals surface area contributed by atoms with Crippen molar-refractivity contribution in [2.24, 2.45) is 0 Å². The second-order valence-corrected chi connectivity index (χ2v) is 9.18. The first-order chi connectivity index (χ1) is 15.2. The van der Waals surface area contributed by atoms with Gasteiger partial charge in [0.25, 0.3) is 0 Å². The van der Waals surface area contributed by atoms with E-state index in [1.165, 1.54) is 75.3 Å². The summed E-state index contributed by atoms with van der Waals surface area (Å²) in [4.78, 5) is 17.3. The molecule has 1 saturated heterocycles. The second kappa shape index (κ2) is 13.9. The van der Waals surface area contributed by atoms with Gasteiger partial charge < -0.3 is 14.4 Å². The van der Waals surface area contributed by atoms with Gasteiger partial charge in [0.1, 0.15) is 0 Å². The molecule has 1 fully saturated rings. The molecule has 0 radical (unpaired) electrons. The van der Waals surface area contributed by atoms with Crippen LogP contribution in [0.4, 0.5) is 0 Å². The molecule has 0 bridgehead atoms. The topological polar surface area (TPSA) is 42.0 Å². The zero-order chi connectivity index (χ0) is 22.1. The number of ether oxygens (including phenoxy) is 2. The van der Waals surface area contributed by atoms with E-state index >= 15 is 0 Å². The standard InChI is InChI=1S/C26H42N2O3.ClH/c1-4-5-6-7-8-9-10-11-12-13-15-27-19-23-22-18-25(31-3)24(30-2)17-21(22)14-16-28(23)26(29)20-27;/h17-18,23H,4-16,19-20H2,1-3H3;1H. The molecule has 182 valence electrons. The summed E-state index contributed by atoms with van der Waals surface area (Å²) in [6.45, 7) is 5.59. The van der Waals surface area contributed by atoms with Crippen LogP contribution >= 0.6 is 12.4 Å². The van der Waals surface area contributed by atoms with Crippen LogP contribution in [0.15, 0.2) is 12.1 Å². The van der Waals surface area contributed by atoms with Crippen LogP contribution in [0.3, 0.4) is 0 Å². The Hall–Kier alpha value is -1.46. The number of amides is 1. The Balaban J connectivity index is 0.00000363. The van der Waals surface area contributed by atoms with Crippen molar-refractivity contribution in [2.75, 3.05) is 40.4 Å². The predicted molar refractivity (Wildman–Crippen MR) is 133 cm³/mol. The van der Waals surface area contributed by atoms with Crippen molar-refractivity contribution in [2.45, 2.75) is 83.6 Å². The molecular weight excluding hydrogens is 424 g/mol. The minimum Gasteiger partial charge on any atom is -0.493 e. The molecule has 32 heavy (non-hydrogen) atoms. The molecule has 2 aliphatic rings. The number of methoxy groups -OCH3 is 2. The SMILES string of the molecule is CCCCCCCCCCCCN1CC(=O)N2CCc3cc(OC)c(OC)cc3C2C1.Cl. The summed E-state index contributed by atoms with van der Waals surface area (Å²) in [7, 11) is 3.35. The van der Waals surface area contributed by atoms with E-state index in [1.807, 2.05) is 0 Å². The lowest BCUT2D eigenvalue weighted by atomic mass is 9.90. The van der Waals surface area contributed by atoms with Gasteiger partial charge in [-0.05, 0) is 42.6 Å². The van der Waals surface area contributed by atoms with Crippen LogP contribution in [0.25, 0.3) is 0 Å². The Morgan fingerprint density at radius 3 is 2.12 bits per heavy atom. The Labute approximate surface area is 201 Å². The van der Waals surface area contributed by atoms with Crippen molar-refractivity contribution in [1.82, 2.24) is 9.80 Å². The number of nitrogens with zero attached hydrogens (tertiary/aromatic N) is 2. The van der Waals surface area contributed by atoms with Gasteiger partial charge in [0.2, 0.25) is 5.91 Å². The predicted octanol–water partition coefficient (Wildman–Crippen LogP) is 5.79. The van der Waals surface area contributed by atoms with Crippen LogP contribution in [0.1, 0.15) is 88.3 Å². The van der Waals surface area contributed by atoms with Gasteiger partial charge in [-0.3, -0.25) is 9.69 Å². The first-order valence-corrected chi connectivity index (χ1v) is 12.4. The molecule has 1 atom stereocenters. The van der Waals surface area contributed by atoms with E-state index in [2.05, 4.69) is 28.9 Å². The van der Waals surface area contributed by atoms with Crippen molar-refractivity contribution in [3.05, 3.63) is 23.3 Å². The number of hydrogen-bond donors (Lipinski definition) is 0. The summed E-state index contributed by atoms with van der Waals surface area (Å²) >= 11 is 0. The van der Waals surface area contributed by atoms with Gasteiger partial charge >= 0.3 is 0 Å². The van der Waals surface area contributed by atoms with E-state index in [4.69, 9.17) is 9.47 Å². The average Bonchev–Trinajstić information content (AvgIpc) is 2.79. The van der Waals surface area contributed by atoms with Gasteiger partial charge in [-0.1, -0.05) is 64.7 Å². The van der Waals surface area contributed by atoms with Crippen LogP contribution in [0.2, 0.25) is 0 Å². The number of fused-ring (bicyclic) bond motifs is 3. The minimum absolute atomic E-state index is 0. The average molecular weight is 467 g/mol. The number of hydrogen-bond acceptors (Lipinski definition) is 4. The molecule has 1 aromatic rings. The molecule has 3 rings (SSSR count). The van der Waals surface area contributed by atoms with E-state index in [9.17, 15) is 4.79 Å². The summed E-state index contributed by atoms with van der Waals surface area (Å²) in [5.41, 5.74) is 2.51. The molecule has 1 aromatic carbocycles. The first-order valence-electron chi connectivity index (χ1n) is 12.4. The quantitative estimate of drug-likeness (QED) is 0.345. The third-order valence-corrected chi connectivity index (χ3v) is 6.94. The number of piperazine rings is 1. The Bertz CT molecular complexity index is 713. The molecule has 6 heteroatoms. The highest BCUT2D eigenvalue weighted by Gasteiger charge is 2.37. The fourth-order valence-corrected chi connectivity index (χ4v) is 5.11. The number of benzene rings is 1. The van der Waals surface area contributed by atoms with Crippen molar-refractivity contribution >= 4 is 18.3 Å². The lowest BCUT2D eigenvalue weighted by Crippen LogP contribution is -2.54. The van der Waals surface area contributed by atoms with Crippen molar-refractivity contribution in [1.29, 1.82) is 0 Å². The monoisotopic (exact) mass is 466 g/mol. The van der Waals surface area contributed by atoms with Crippen LogP contribution < -0.4 is 9.47 Å². The van der Waals surface area contributed by atoms with Gasteiger partial charge in [0.15, 0.2) is 11.5 Å². The molecule has 1 unspecified atom stereocenters. The molecule has 2 aliphatic heterocycles.